The molecule has 11 heteroatoms. The number of halogens is 2. The average Bonchev–Trinajstić information content (AvgIpc) is 2.83. The summed E-state index contributed by atoms with van der Waals surface area (Å²) in [5, 5.41) is 18.2. The quantitative estimate of drug-likeness (QED) is 0.506. The van der Waals surface area contributed by atoms with Gasteiger partial charge in [-0.2, -0.15) is 4.98 Å². The number of nitrogen functional groups attached to an aromatic ring is 1. The van der Waals surface area contributed by atoms with Crippen LogP contribution in [0.1, 0.15) is 6.23 Å². The Balaban J connectivity index is 2.41. The summed E-state index contributed by atoms with van der Waals surface area (Å²) >= 11 is 5.41. The maximum absolute atomic E-state index is 13.2. The average molecular weight is 322 g/mol. The number of nitrogens with one attached hydrogen (secondary N) is 1. The summed E-state index contributed by atoms with van der Waals surface area (Å²) in [5.41, 5.74) is 3.29. The second-order valence-corrected chi connectivity index (χ2v) is 4.56. The van der Waals surface area contributed by atoms with Crippen molar-refractivity contribution < 1.29 is 19.3 Å². The Hall–Kier alpha value is -1.75. The zero-order valence-electron chi connectivity index (χ0n) is 10.6. The van der Waals surface area contributed by atoms with Crippen LogP contribution >= 0.6 is 11.6 Å². The highest BCUT2D eigenvalue weighted by Gasteiger charge is 2.25. The lowest BCUT2D eigenvalue weighted by Crippen LogP contribution is -2.32. The van der Waals surface area contributed by atoms with Crippen molar-refractivity contribution in [3.8, 4) is 0 Å². The van der Waals surface area contributed by atoms with Gasteiger partial charge in [0.2, 0.25) is 5.95 Å². The molecule has 0 fully saturated rings. The van der Waals surface area contributed by atoms with Crippen molar-refractivity contribution in [3.63, 3.8) is 0 Å². The van der Waals surface area contributed by atoms with Crippen LogP contribution in [-0.2, 0) is 4.74 Å². The van der Waals surface area contributed by atoms with Gasteiger partial charge in [0, 0.05) is 0 Å². The molecule has 21 heavy (non-hydrogen) atoms. The van der Waals surface area contributed by atoms with E-state index in [0.717, 1.165) is 10.9 Å². The van der Waals surface area contributed by atoms with E-state index in [9.17, 15) is 14.3 Å². The molecule has 3 atom stereocenters. The fourth-order valence-corrected chi connectivity index (χ4v) is 1.87. The molecule has 0 saturated carbocycles. The molecule has 0 bridgehead atoms. The van der Waals surface area contributed by atoms with Gasteiger partial charge in [-0.25, -0.2) is 9.37 Å². The van der Waals surface area contributed by atoms with Crippen LogP contribution in [0.4, 0.5) is 10.3 Å². The predicted molar refractivity (Wildman–Crippen MR) is 71.4 cm³/mol. The van der Waals surface area contributed by atoms with Crippen LogP contribution in [0.5, 0.6) is 0 Å². The molecule has 0 aliphatic rings. The molecule has 2 heterocycles. The van der Waals surface area contributed by atoms with E-state index in [1.165, 1.54) is 0 Å². The molecule has 9 nitrogen and oxygen atoms in total. The monoisotopic (exact) mass is 321 g/mol. The number of hydrogen-bond donors (Lipinski definition) is 4. The van der Waals surface area contributed by atoms with Crippen LogP contribution in [0.25, 0.3) is 11.2 Å². The molecule has 116 valence electrons. The molecule has 0 spiro atoms. The van der Waals surface area contributed by atoms with Crippen LogP contribution in [-0.4, -0.2) is 54.7 Å². The molecule has 2 aromatic heterocycles. The van der Waals surface area contributed by atoms with E-state index in [-0.39, 0.29) is 17.1 Å². The number of hydrogen-bond acceptors (Lipinski definition) is 7. The number of aromatic nitrogens is 4. The highest BCUT2D eigenvalue weighted by atomic mass is 35.5. The van der Waals surface area contributed by atoms with E-state index in [0.29, 0.717) is 0 Å². The van der Waals surface area contributed by atoms with Gasteiger partial charge in [0.25, 0.3) is 5.56 Å². The number of alkyl halides is 2. The van der Waals surface area contributed by atoms with Gasteiger partial charge in [-0.1, -0.05) is 11.6 Å². The van der Waals surface area contributed by atoms with Gasteiger partial charge < -0.3 is 20.7 Å². The second-order valence-electron chi connectivity index (χ2n) is 4.11. The van der Waals surface area contributed by atoms with Crippen molar-refractivity contribution in [2.75, 3.05) is 19.0 Å². The largest absolute Gasteiger partial charge is 0.394 e. The molecule has 0 unspecified atom stereocenters. The maximum atomic E-state index is 13.2. The number of H-pyrrole nitrogens is 1. The molecule has 0 aliphatic carbocycles. The van der Waals surface area contributed by atoms with E-state index in [1.807, 2.05) is 0 Å². The van der Waals surface area contributed by atoms with Crippen molar-refractivity contribution >= 4 is 28.7 Å². The summed E-state index contributed by atoms with van der Waals surface area (Å²) in [5.74, 6) is -0.164. The van der Waals surface area contributed by atoms with Gasteiger partial charge in [-0.15, -0.1) is 0 Å². The topological polar surface area (TPSA) is 139 Å². The molecule has 2 aromatic rings. The van der Waals surface area contributed by atoms with Gasteiger partial charge >= 0.3 is 0 Å². The number of nitrogens with zero attached hydrogens (tertiary/aromatic N) is 3. The second kappa shape index (κ2) is 6.35. The van der Waals surface area contributed by atoms with Crippen molar-refractivity contribution in [3.05, 3.63) is 16.7 Å². The Morgan fingerprint density at radius 3 is 2.90 bits per heavy atom. The smallest absolute Gasteiger partial charge is 0.280 e. The fraction of sp³-hybridized carbons (Fsp3) is 0.500. The molecule has 0 aromatic carbocycles. The first kappa shape index (κ1) is 15.6. The highest BCUT2D eigenvalue weighted by molar-refractivity contribution is 6.19. The maximum Gasteiger partial charge on any atom is 0.280 e. The van der Waals surface area contributed by atoms with Crippen molar-refractivity contribution in [2.24, 2.45) is 0 Å². The third-order valence-corrected chi connectivity index (χ3v) is 2.99. The molecular formula is C10H13ClFN5O4. The van der Waals surface area contributed by atoms with Gasteiger partial charge in [-0.3, -0.25) is 14.3 Å². The molecular weight excluding hydrogens is 309 g/mol. The number of aliphatic hydroxyl groups is 2. The number of anilines is 1. The van der Waals surface area contributed by atoms with E-state index in [2.05, 4.69) is 15.0 Å². The minimum Gasteiger partial charge on any atom is -0.394 e. The Kier molecular flexibility index (Phi) is 4.73. The molecule has 0 aliphatic heterocycles. The number of imidazole rings is 1. The third-order valence-electron chi connectivity index (χ3n) is 2.71. The van der Waals surface area contributed by atoms with Gasteiger partial charge in [0.05, 0.1) is 12.9 Å². The number of aromatic amines is 1. The van der Waals surface area contributed by atoms with Crippen molar-refractivity contribution in [2.45, 2.75) is 17.9 Å². The summed E-state index contributed by atoms with van der Waals surface area (Å²) in [6, 6.07) is 0. The first-order chi connectivity index (χ1) is 9.97. The van der Waals surface area contributed by atoms with Crippen LogP contribution in [0.2, 0.25) is 0 Å². The number of nitrogens with two attached hydrogens (primary N) is 1. The van der Waals surface area contributed by atoms with Crippen LogP contribution < -0.4 is 11.3 Å². The lowest BCUT2D eigenvalue weighted by atomic mass is 10.4. The van der Waals surface area contributed by atoms with Crippen LogP contribution in [0.3, 0.4) is 0 Å². The van der Waals surface area contributed by atoms with Crippen LogP contribution in [0, 0.1) is 0 Å². The molecule has 2 rings (SSSR count). The zero-order chi connectivity index (χ0) is 15.6. The summed E-state index contributed by atoms with van der Waals surface area (Å²) < 4.78 is 19.5. The first-order valence-corrected chi connectivity index (χ1v) is 6.28. The zero-order valence-corrected chi connectivity index (χ0v) is 11.4. The van der Waals surface area contributed by atoms with E-state index >= 15 is 0 Å². The molecule has 5 N–H and O–H groups in total. The van der Waals surface area contributed by atoms with E-state index in [1.54, 1.807) is 0 Å². The summed E-state index contributed by atoms with van der Waals surface area (Å²) in [6.07, 6.45) is -1.36. The molecule has 0 radical (unpaired) electrons. The van der Waals surface area contributed by atoms with Crippen molar-refractivity contribution in [1.82, 2.24) is 19.5 Å². The van der Waals surface area contributed by atoms with E-state index < -0.39 is 36.7 Å². The number of rotatable bonds is 6. The Morgan fingerprint density at radius 2 is 2.33 bits per heavy atom. The first-order valence-electron chi connectivity index (χ1n) is 5.84. The summed E-state index contributed by atoms with van der Waals surface area (Å²) in [7, 11) is 0. The Morgan fingerprint density at radius 1 is 1.62 bits per heavy atom. The van der Waals surface area contributed by atoms with Crippen LogP contribution in [0.15, 0.2) is 11.1 Å². The summed E-state index contributed by atoms with van der Waals surface area (Å²) in [6.45, 7) is -1.65. The Bertz CT molecular complexity index is 675. The predicted octanol–water partition coefficient (Wildman–Crippen LogP) is -0.895. The standard InChI is InChI=1S/C10H13ClFN5O4/c11-7(19)4(2-18)21-5(1-12)17-3-14-6-8(17)15-10(13)16-9(6)20/h3-5,7,18-19H,1-2H2,(H3,13,15,16,20)/t4-,5-,7-/m1/s1. The number of ether oxygens (including phenoxy) is 1. The summed E-state index contributed by atoms with van der Waals surface area (Å²) in [4.78, 5) is 21.5. The molecule has 0 amide bonds. The number of fused-ring (bicyclic) bond motifs is 1. The van der Waals surface area contributed by atoms with Gasteiger partial charge in [0.15, 0.2) is 23.0 Å². The minimum absolute atomic E-state index is 0.0136. The van der Waals surface area contributed by atoms with Crippen molar-refractivity contribution in [1.29, 1.82) is 0 Å². The normalized spacial score (nSPS) is 16.0. The van der Waals surface area contributed by atoms with E-state index in [4.69, 9.17) is 27.2 Å². The lowest BCUT2D eigenvalue weighted by molar-refractivity contribution is -0.109. The minimum atomic E-state index is -1.53. The lowest BCUT2D eigenvalue weighted by Gasteiger charge is -2.23. The third kappa shape index (κ3) is 3.13. The van der Waals surface area contributed by atoms with Gasteiger partial charge in [0.1, 0.15) is 12.8 Å². The fourth-order valence-electron chi connectivity index (χ4n) is 1.73. The Labute approximate surface area is 122 Å². The SMILES string of the molecule is Nc1nc2c(ncn2[C@@H](CF)O[C@H](CO)[C@@H](O)Cl)c(=O)[nH]1. The van der Waals surface area contributed by atoms with Gasteiger partial charge in [-0.05, 0) is 0 Å². The number of aliphatic hydroxyl groups excluding tert-OH is 2. The molecule has 0 saturated heterocycles. The highest BCUT2D eigenvalue weighted by Crippen LogP contribution is 2.19.